The molecule has 32 valence electrons. The van der Waals surface area contributed by atoms with Crippen LogP contribution >= 0.6 is 24.0 Å². The Morgan fingerprint density at radius 3 is 1.00 bits per heavy atom. The Balaban J connectivity index is 0. The summed E-state index contributed by atoms with van der Waals surface area (Å²) in [5, 5.41) is 0. The Morgan fingerprint density at radius 2 is 1.00 bits per heavy atom. The van der Waals surface area contributed by atoms with E-state index in [0.29, 0.717) is 0 Å². The van der Waals surface area contributed by atoms with Crippen LogP contribution in [0.1, 0.15) is 0 Å². The number of halogens is 1. The highest BCUT2D eigenvalue weighted by Gasteiger charge is 1.40. The third-order valence-electron chi connectivity index (χ3n) is 0. The molecule has 0 rings (SSSR count). The fourth-order valence-corrected chi connectivity index (χ4v) is 0. The summed E-state index contributed by atoms with van der Waals surface area (Å²) < 4.78 is 25.3. The lowest BCUT2D eigenvalue weighted by molar-refractivity contribution is 0.559. The van der Waals surface area contributed by atoms with Crippen LogP contribution in [0.5, 0.6) is 0 Å². The van der Waals surface area contributed by atoms with Gasteiger partial charge in [-0.1, -0.05) is 0 Å². The van der Waals surface area contributed by atoms with E-state index < -0.39 is 10.6 Å². The van der Waals surface area contributed by atoms with E-state index in [-0.39, 0.29) is 24.0 Å². The topological polar surface area (TPSA) is 51.2 Å². The molecule has 0 aliphatic rings. The van der Waals surface area contributed by atoms with Crippen molar-refractivity contribution in [2.75, 3.05) is 0 Å². The summed E-state index contributed by atoms with van der Waals surface area (Å²) in [5.74, 6) is 0. The van der Waals surface area contributed by atoms with Gasteiger partial charge in [-0.3, -0.25) is 0 Å². The summed E-state index contributed by atoms with van der Waals surface area (Å²) in [5.41, 5.74) is 0. The van der Waals surface area contributed by atoms with E-state index in [1.165, 1.54) is 0 Å². The first kappa shape index (κ1) is 9.02. The average Bonchev–Trinajstić information content (AvgIpc) is 0.811. The Hall–Kier alpha value is 0.350. The summed E-state index contributed by atoms with van der Waals surface area (Å²) in [4.78, 5) is 0. The van der Waals surface area contributed by atoms with Crippen molar-refractivity contribution in [3.63, 3.8) is 0 Å². The predicted molar refractivity (Wildman–Crippen MR) is 25.1 cm³/mol. The van der Waals surface area contributed by atoms with E-state index in [4.69, 9.17) is 12.6 Å². The molecule has 3 nitrogen and oxygen atoms in total. The zero-order valence-electron chi connectivity index (χ0n) is 2.04. The fourth-order valence-electron chi connectivity index (χ4n) is 0. The molecule has 5 heteroatoms. The van der Waals surface area contributed by atoms with Crippen LogP contribution in [-0.2, 0) is 10.6 Å². The van der Waals surface area contributed by atoms with Crippen molar-refractivity contribution < 1.29 is 12.6 Å². The van der Waals surface area contributed by atoms with Crippen molar-refractivity contribution >= 4 is 34.6 Å². The third kappa shape index (κ3) is 196. The molecule has 0 unspecified atom stereocenters. The van der Waals surface area contributed by atoms with Crippen LogP contribution in [0.4, 0.5) is 0 Å². The zero-order chi connectivity index (χ0) is 3.58. The molecular weight excluding hydrogens is 207 g/mol. The molecule has 0 spiro atoms. The molecule has 0 aromatic heterocycles. The molecule has 0 aliphatic carbocycles. The number of hydrogen-bond donors (Lipinski definition) is 0. The SMILES string of the molecule is I.O=S(=O)=O. The van der Waals surface area contributed by atoms with E-state index in [9.17, 15) is 0 Å². The fraction of sp³-hybridized carbons (Fsp3) is 0. The van der Waals surface area contributed by atoms with Gasteiger partial charge in [-0.05, 0) is 0 Å². The first-order valence-electron chi connectivity index (χ1n) is 0.500. The van der Waals surface area contributed by atoms with E-state index in [2.05, 4.69) is 0 Å². The number of hydrogen-bond acceptors (Lipinski definition) is 3. The first-order valence-corrected chi connectivity index (χ1v) is 1.50. The lowest BCUT2D eigenvalue weighted by Gasteiger charge is -1.11. The van der Waals surface area contributed by atoms with E-state index in [0.717, 1.165) is 0 Å². The Kier molecular flexibility index (Phi) is 7.85. The van der Waals surface area contributed by atoms with Crippen molar-refractivity contribution in [3.05, 3.63) is 0 Å². The molecule has 0 aliphatic heterocycles. The minimum absolute atomic E-state index is 0. The van der Waals surface area contributed by atoms with Crippen molar-refractivity contribution in [1.82, 2.24) is 0 Å². The molecular formula is HIO3S. The minimum atomic E-state index is -3.11. The first-order chi connectivity index (χ1) is 1.73. The molecule has 0 aromatic rings. The largest absolute Gasteiger partial charge is 0.425 e. The molecule has 5 heavy (non-hydrogen) atoms. The smallest absolute Gasteiger partial charge is 0.142 e. The van der Waals surface area contributed by atoms with Crippen molar-refractivity contribution in [3.8, 4) is 0 Å². The van der Waals surface area contributed by atoms with Crippen molar-refractivity contribution in [2.45, 2.75) is 0 Å². The van der Waals surface area contributed by atoms with Crippen LogP contribution in [0, 0.1) is 0 Å². The molecule has 0 fully saturated rings. The molecule has 0 aromatic carbocycles. The van der Waals surface area contributed by atoms with Gasteiger partial charge in [0.05, 0.1) is 0 Å². The lowest BCUT2D eigenvalue weighted by Crippen LogP contribution is -1.40. The van der Waals surface area contributed by atoms with Crippen molar-refractivity contribution in [1.29, 1.82) is 0 Å². The Bertz CT molecular complexity index is 76.3. The normalized spacial score (nSPS) is 4.80. The van der Waals surface area contributed by atoms with Gasteiger partial charge in [0, 0.05) is 0 Å². The van der Waals surface area contributed by atoms with Gasteiger partial charge < -0.3 is 0 Å². The van der Waals surface area contributed by atoms with Crippen LogP contribution in [0.2, 0.25) is 0 Å². The molecule has 0 bridgehead atoms. The molecule has 0 saturated carbocycles. The molecule has 0 heterocycles. The van der Waals surface area contributed by atoms with Crippen LogP contribution in [0.15, 0.2) is 0 Å². The highest BCUT2D eigenvalue weighted by molar-refractivity contribution is 14.0. The highest BCUT2D eigenvalue weighted by atomic mass is 127. The molecule has 0 amide bonds. The number of rotatable bonds is 0. The summed E-state index contributed by atoms with van der Waals surface area (Å²) in [6, 6.07) is 0. The zero-order valence-corrected chi connectivity index (χ0v) is 5.19. The maximum atomic E-state index is 8.44. The molecule has 0 radical (unpaired) electrons. The quantitative estimate of drug-likeness (QED) is 0.509. The predicted octanol–water partition coefficient (Wildman–Crippen LogP) is -0.386. The summed E-state index contributed by atoms with van der Waals surface area (Å²) in [6.07, 6.45) is 0. The second-order valence-electron chi connectivity index (χ2n) is 0.204. The van der Waals surface area contributed by atoms with Gasteiger partial charge >= 0.3 is 10.6 Å². The highest BCUT2D eigenvalue weighted by Crippen LogP contribution is 1.07. The molecule has 0 atom stereocenters. The van der Waals surface area contributed by atoms with Crippen molar-refractivity contribution in [2.24, 2.45) is 0 Å². The molecule has 0 N–H and O–H groups in total. The summed E-state index contributed by atoms with van der Waals surface area (Å²) >= 11 is 0. The van der Waals surface area contributed by atoms with Gasteiger partial charge in [0.1, 0.15) is 0 Å². The van der Waals surface area contributed by atoms with Crippen LogP contribution in [0.25, 0.3) is 0 Å². The van der Waals surface area contributed by atoms with Gasteiger partial charge in [0.25, 0.3) is 0 Å². The van der Waals surface area contributed by atoms with Gasteiger partial charge in [-0.2, -0.15) is 0 Å². The van der Waals surface area contributed by atoms with E-state index >= 15 is 0 Å². The van der Waals surface area contributed by atoms with Gasteiger partial charge in [0.2, 0.25) is 0 Å². The van der Waals surface area contributed by atoms with Gasteiger partial charge in [0.15, 0.2) is 0 Å². The average molecular weight is 208 g/mol. The van der Waals surface area contributed by atoms with Gasteiger partial charge in [-0.25, -0.2) is 0 Å². The maximum absolute atomic E-state index is 8.44. The second-order valence-corrected chi connectivity index (χ2v) is 0.612. The Labute approximate surface area is 47.5 Å². The standard InChI is InChI=1S/HI.O3S/c;1-4(2)3/h1H;. The monoisotopic (exact) mass is 208 g/mol. The maximum Gasteiger partial charge on any atom is 0.425 e. The van der Waals surface area contributed by atoms with Crippen LogP contribution < -0.4 is 0 Å². The van der Waals surface area contributed by atoms with Crippen LogP contribution in [0.3, 0.4) is 0 Å². The van der Waals surface area contributed by atoms with Crippen LogP contribution in [-0.4, -0.2) is 12.6 Å². The Morgan fingerprint density at radius 1 is 1.00 bits per heavy atom. The van der Waals surface area contributed by atoms with E-state index in [1.54, 1.807) is 0 Å². The van der Waals surface area contributed by atoms with Gasteiger partial charge in [-0.15, -0.1) is 36.6 Å². The van der Waals surface area contributed by atoms with E-state index in [1.807, 2.05) is 0 Å². The molecule has 0 saturated heterocycles. The third-order valence-corrected chi connectivity index (χ3v) is 0. The second kappa shape index (κ2) is 4.35. The minimum Gasteiger partial charge on any atom is -0.142 e. The summed E-state index contributed by atoms with van der Waals surface area (Å²) in [6.45, 7) is 0. The summed E-state index contributed by atoms with van der Waals surface area (Å²) in [7, 11) is -3.11. The lowest BCUT2D eigenvalue weighted by atomic mass is 15.9.